The van der Waals surface area contributed by atoms with Crippen LogP contribution in [-0.2, 0) is 6.54 Å². The summed E-state index contributed by atoms with van der Waals surface area (Å²) < 4.78 is 5.24. The molecule has 0 aromatic carbocycles. The molecular formula is C12H17ClN2O. The Morgan fingerprint density at radius 1 is 1.62 bits per heavy atom. The highest BCUT2D eigenvalue weighted by atomic mass is 35.5. The molecule has 1 saturated heterocycles. The van der Waals surface area contributed by atoms with E-state index in [0.29, 0.717) is 0 Å². The highest BCUT2D eigenvalue weighted by molar-refractivity contribution is 6.20. The van der Waals surface area contributed by atoms with E-state index >= 15 is 0 Å². The van der Waals surface area contributed by atoms with Crippen LogP contribution in [0.5, 0.6) is 5.88 Å². The Bertz CT molecular complexity index is 346. The van der Waals surface area contributed by atoms with E-state index in [0.717, 1.165) is 37.5 Å². The van der Waals surface area contributed by atoms with Crippen molar-refractivity contribution in [1.29, 1.82) is 0 Å². The number of rotatable bonds is 3. The van der Waals surface area contributed by atoms with Gasteiger partial charge in [0, 0.05) is 30.2 Å². The molecule has 0 N–H and O–H groups in total. The molecule has 1 aliphatic heterocycles. The topological polar surface area (TPSA) is 25.4 Å². The second kappa shape index (κ2) is 5.51. The van der Waals surface area contributed by atoms with E-state index in [-0.39, 0.29) is 5.38 Å². The van der Waals surface area contributed by atoms with Crippen LogP contribution in [-0.4, -0.2) is 35.5 Å². The number of piperidine rings is 1. The van der Waals surface area contributed by atoms with Crippen molar-refractivity contribution in [2.45, 2.75) is 24.8 Å². The second-order valence-corrected chi connectivity index (χ2v) is 4.76. The maximum atomic E-state index is 6.16. The van der Waals surface area contributed by atoms with E-state index in [4.69, 9.17) is 16.3 Å². The van der Waals surface area contributed by atoms with Gasteiger partial charge in [-0.3, -0.25) is 4.90 Å². The van der Waals surface area contributed by atoms with Gasteiger partial charge in [0.05, 0.1) is 7.11 Å². The summed E-state index contributed by atoms with van der Waals surface area (Å²) in [5, 5.41) is 0.288. The average Bonchev–Trinajstić information content (AvgIpc) is 2.30. The number of halogens is 1. The SMILES string of the molecule is COc1ncccc1CN1CCCC(Cl)C1. The van der Waals surface area contributed by atoms with Gasteiger partial charge >= 0.3 is 0 Å². The summed E-state index contributed by atoms with van der Waals surface area (Å²) in [5.41, 5.74) is 1.13. The van der Waals surface area contributed by atoms with Crippen molar-refractivity contribution in [1.82, 2.24) is 9.88 Å². The molecule has 0 bridgehead atoms. The van der Waals surface area contributed by atoms with Crippen molar-refractivity contribution >= 4 is 11.6 Å². The number of pyridine rings is 1. The number of likely N-dealkylation sites (tertiary alicyclic amines) is 1. The summed E-state index contributed by atoms with van der Waals surface area (Å²) in [6.07, 6.45) is 4.06. The first-order valence-electron chi connectivity index (χ1n) is 5.64. The van der Waals surface area contributed by atoms with Gasteiger partial charge in [-0.1, -0.05) is 6.07 Å². The molecule has 2 heterocycles. The Balaban J connectivity index is 2.02. The van der Waals surface area contributed by atoms with Crippen LogP contribution >= 0.6 is 11.6 Å². The third-order valence-electron chi connectivity index (χ3n) is 2.89. The first-order valence-corrected chi connectivity index (χ1v) is 6.07. The predicted molar refractivity (Wildman–Crippen MR) is 64.9 cm³/mol. The average molecular weight is 241 g/mol. The Morgan fingerprint density at radius 2 is 2.50 bits per heavy atom. The molecule has 1 aliphatic rings. The summed E-state index contributed by atoms with van der Waals surface area (Å²) in [7, 11) is 1.66. The number of alkyl halides is 1. The lowest BCUT2D eigenvalue weighted by molar-refractivity contribution is 0.220. The van der Waals surface area contributed by atoms with Gasteiger partial charge < -0.3 is 4.74 Å². The van der Waals surface area contributed by atoms with E-state index in [1.165, 1.54) is 6.42 Å². The lowest BCUT2D eigenvalue weighted by atomic mass is 10.1. The van der Waals surface area contributed by atoms with E-state index < -0.39 is 0 Å². The van der Waals surface area contributed by atoms with Crippen molar-refractivity contribution < 1.29 is 4.74 Å². The van der Waals surface area contributed by atoms with Crippen LogP contribution in [0.15, 0.2) is 18.3 Å². The fourth-order valence-corrected chi connectivity index (χ4v) is 2.46. The molecule has 3 nitrogen and oxygen atoms in total. The molecule has 1 unspecified atom stereocenters. The predicted octanol–water partition coefficient (Wildman–Crippen LogP) is 2.29. The number of methoxy groups -OCH3 is 1. The molecule has 2 rings (SSSR count). The molecule has 16 heavy (non-hydrogen) atoms. The molecule has 0 spiro atoms. The molecule has 1 fully saturated rings. The molecule has 1 aromatic rings. The third kappa shape index (κ3) is 2.86. The van der Waals surface area contributed by atoms with Crippen LogP contribution in [0.3, 0.4) is 0 Å². The molecule has 0 saturated carbocycles. The minimum absolute atomic E-state index is 0.288. The zero-order valence-electron chi connectivity index (χ0n) is 9.53. The van der Waals surface area contributed by atoms with E-state index in [1.54, 1.807) is 13.3 Å². The summed E-state index contributed by atoms with van der Waals surface area (Å²) >= 11 is 6.16. The molecule has 1 aromatic heterocycles. The molecule has 88 valence electrons. The second-order valence-electron chi connectivity index (χ2n) is 4.15. The minimum Gasteiger partial charge on any atom is -0.481 e. The van der Waals surface area contributed by atoms with Gasteiger partial charge in [0.15, 0.2) is 0 Å². The number of nitrogens with zero attached hydrogens (tertiary/aromatic N) is 2. The third-order valence-corrected chi connectivity index (χ3v) is 3.24. The lowest BCUT2D eigenvalue weighted by Gasteiger charge is -2.29. The van der Waals surface area contributed by atoms with Crippen LogP contribution in [0.2, 0.25) is 0 Å². The molecule has 0 amide bonds. The van der Waals surface area contributed by atoms with E-state index in [2.05, 4.69) is 16.0 Å². The monoisotopic (exact) mass is 240 g/mol. The zero-order chi connectivity index (χ0) is 11.4. The Hall–Kier alpha value is -0.800. The first kappa shape index (κ1) is 11.7. The molecule has 0 aliphatic carbocycles. The highest BCUT2D eigenvalue weighted by Crippen LogP contribution is 2.20. The van der Waals surface area contributed by atoms with Gasteiger partial charge in [0.1, 0.15) is 0 Å². The number of hydrogen-bond acceptors (Lipinski definition) is 3. The van der Waals surface area contributed by atoms with Gasteiger partial charge in [0.2, 0.25) is 5.88 Å². The number of aromatic nitrogens is 1. The standard InChI is InChI=1S/C12H17ClN2O/c1-16-12-10(4-2-6-14-12)8-15-7-3-5-11(13)9-15/h2,4,6,11H,3,5,7-9H2,1H3. The molecular weight excluding hydrogens is 224 g/mol. The van der Waals surface area contributed by atoms with Crippen molar-refractivity contribution in [3.8, 4) is 5.88 Å². The van der Waals surface area contributed by atoms with Gasteiger partial charge in [0.25, 0.3) is 0 Å². The van der Waals surface area contributed by atoms with Crippen LogP contribution < -0.4 is 4.74 Å². The van der Waals surface area contributed by atoms with Crippen molar-refractivity contribution in [2.75, 3.05) is 20.2 Å². The lowest BCUT2D eigenvalue weighted by Crippen LogP contribution is -2.35. The Morgan fingerprint density at radius 3 is 3.25 bits per heavy atom. The van der Waals surface area contributed by atoms with Crippen molar-refractivity contribution in [3.05, 3.63) is 23.9 Å². The fraction of sp³-hybridized carbons (Fsp3) is 0.583. The summed E-state index contributed by atoms with van der Waals surface area (Å²) in [6.45, 7) is 2.95. The molecule has 1 atom stereocenters. The molecule has 4 heteroatoms. The maximum Gasteiger partial charge on any atom is 0.217 e. The minimum atomic E-state index is 0.288. The quantitative estimate of drug-likeness (QED) is 0.758. The van der Waals surface area contributed by atoms with Crippen LogP contribution in [0.4, 0.5) is 0 Å². The van der Waals surface area contributed by atoms with Gasteiger partial charge in [-0.2, -0.15) is 0 Å². The van der Waals surface area contributed by atoms with Gasteiger partial charge in [-0.05, 0) is 25.5 Å². The number of hydrogen-bond donors (Lipinski definition) is 0. The van der Waals surface area contributed by atoms with Crippen LogP contribution in [0.1, 0.15) is 18.4 Å². The fourth-order valence-electron chi connectivity index (χ4n) is 2.11. The highest BCUT2D eigenvalue weighted by Gasteiger charge is 2.18. The zero-order valence-corrected chi connectivity index (χ0v) is 10.3. The smallest absolute Gasteiger partial charge is 0.217 e. The van der Waals surface area contributed by atoms with Crippen LogP contribution in [0, 0.1) is 0 Å². The van der Waals surface area contributed by atoms with Crippen molar-refractivity contribution in [3.63, 3.8) is 0 Å². The maximum absolute atomic E-state index is 6.16. The van der Waals surface area contributed by atoms with Gasteiger partial charge in [-0.15, -0.1) is 11.6 Å². The van der Waals surface area contributed by atoms with E-state index in [1.807, 2.05) is 6.07 Å². The molecule has 0 radical (unpaired) electrons. The summed E-state index contributed by atoms with van der Waals surface area (Å²) in [5.74, 6) is 0.721. The Kier molecular flexibility index (Phi) is 4.02. The van der Waals surface area contributed by atoms with Gasteiger partial charge in [-0.25, -0.2) is 4.98 Å². The normalized spacial score (nSPS) is 22.0. The number of ether oxygens (including phenoxy) is 1. The van der Waals surface area contributed by atoms with E-state index in [9.17, 15) is 0 Å². The first-order chi connectivity index (χ1) is 7.79. The van der Waals surface area contributed by atoms with Crippen molar-refractivity contribution in [2.24, 2.45) is 0 Å². The van der Waals surface area contributed by atoms with Crippen LogP contribution in [0.25, 0.3) is 0 Å². The summed E-state index contributed by atoms with van der Waals surface area (Å²) in [4.78, 5) is 6.56. The summed E-state index contributed by atoms with van der Waals surface area (Å²) in [6, 6.07) is 4.00. The Labute approximate surface area is 101 Å². The largest absolute Gasteiger partial charge is 0.481 e.